The van der Waals surface area contributed by atoms with Crippen LogP contribution in [-0.2, 0) is 14.8 Å². The molecule has 0 radical (unpaired) electrons. The van der Waals surface area contributed by atoms with Crippen LogP contribution in [0, 0.1) is 6.92 Å². The summed E-state index contributed by atoms with van der Waals surface area (Å²) in [6, 6.07) is 15.1. The molecule has 0 saturated carbocycles. The number of esters is 1. The molecular formula is C24H23NO6S. The predicted molar refractivity (Wildman–Crippen MR) is 123 cm³/mol. The number of hydrogen-bond acceptors (Lipinski definition) is 6. The Bertz CT molecular complexity index is 1400. The molecule has 8 heteroatoms. The van der Waals surface area contributed by atoms with Crippen molar-refractivity contribution in [1.29, 1.82) is 0 Å². The normalized spacial score (nSPS) is 11.6. The molecule has 0 aliphatic rings. The number of furan rings is 1. The van der Waals surface area contributed by atoms with Crippen molar-refractivity contribution in [2.24, 2.45) is 0 Å². The highest BCUT2D eigenvalue weighted by Gasteiger charge is 2.24. The number of anilines is 1. The van der Waals surface area contributed by atoms with Gasteiger partial charge in [-0.15, -0.1) is 0 Å². The van der Waals surface area contributed by atoms with E-state index in [9.17, 15) is 13.2 Å². The Morgan fingerprint density at radius 3 is 2.31 bits per heavy atom. The third-order valence-electron chi connectivity index (χ3n) is 5.04. The zero-order valence-corrected chi connectivity index (χ0v) is 18.8. The largest absolute Gasteiger partial charge is 0.494 e. The fraction of sp³-hybridized carbons (Fsp3) is 0.208. The SMILES string of the molecule is CCOC(=O)c1c(C)oc2c1cc(NS(=O)(=O)c1ccc(OCC)cc1)c1ccccc12. The number of hydrogen-bond donors (Lipinski definition) is 1. The molecule has 166 valence electrons. The van der Waals surface area contributed by atoms with E-state index in [0.717, 1.165) is 0 Å². The number of aryl methyl sites for hydroxylation is 1. The number of benzene rings is 3. The minimum Gasteiger partial charge on any atom is -0.494 e. The molecule has 7 nitrogen and oxygen atoms in total. The Morgan fingerprint density at radius 1 is 0.969 bits per heavy atom. The minimum absolute atomic E-state index is 0.0964. The molecule has 1 heterocycles. The first-order valence-electron chi connectivity index (χ1n) is 10.2. The van der Waals surface area contributed by atoms with Crippen LogP contribution in [0.15, 0.2) is 63.9 Å². The lowest BCUT2D eigenvalue weighted by molar-refractivity contribution is 0.0526. The molecule has 3 aromatic carbocycles. The summed E-state index contributed by atoms with van der Waals surface area (Å²) in [5.41, 5.74) is 1.13. The second-order valence-electron chi connectivity index (χ2n) is 7.11. The minimum atomic E-state index is -3.89. The molecule has 32 heavy (non-hydrogen) atoms. The zero-order valence-electron chi connectivity index (χ0n) is 18.0. The smallest absolute Gasteiger partial charge is 0.342 e. The number of sulfonamides is 1. The quantitative estimate of drug-likeness (QED) is 0.383. The Labute approximate surface area is 186 Å². The topological polar surface area (TPSA) is 94.8 Å². The summed E-state index contributed by atoms with van der Waals surface area (Å²) in [4.78, 5) is 12.6. The van der Waals surface area contributed by atoms with E-state index in [2.05, 4.69) is 4.72 Å². The summed E-state index contributed by atoms with van der Waals surface area (Å²) in [5.74, 6) is 0.487. The molecule has 0 saturated heterocycles. The van der Waals surface area contributed by atoms with Crippen molar-refractivity contribution in [2.45, 2.75) is 25.7 Å². The van der Waals surface area contributed by atoms with Crippen molar-refractivity contribution in [1.82, 2.24) is 0 Å². The van der Waals surface area contributed by atoms with E-state index in [1.54, 1.807) is 38.1 Å². The Morgan fingerprint density at radius 2 is 1.66 bits per heavy atom. The van der Waals surface area contributed by atoms with Gasteiger partial charge in [0.1, 0.15) is 22.7 Å². The van der Waals surface area contributed by atoms with E-state index in [0.29, 0.717) is 45.5 Å². The van der Waals surface area contributed by atoms with Crippen LogP contribution in [0.2, 0.25) is 0 Å². The fourth-order valence-electron chi connectivity index (χ4n) is 3.66. The van der Waals surface area contributed by atoms with Crippen molar-refractivity contribution >= 4 is 43.4 Å². The molecule has 1 aromatic heterocycles. The van der Waals surface area contributed by atoms with Crippen molar-refractivity contribution in [3.63, 3.8) is 0 Å². The predicted octanol–water partition coefficient (Wildman–Crippen LogP) is 5.27. The molecule has 0 aliphatic heterocycles. The Hall–Kier alpha value is -3.52. The molecule has 0 atom stereocenters. The van der Waals surface area contributed by atoms with Crippen molar-refractivity contribution in [3.8, 4) is 5.75 Å². The Kier molecular flexibility index (Phi) is 5.80. The highest BCUT2D eigenvalue weighted by atomic mass is 32.2. The van der Waals surface area contributed by atoms with Gasteiger partial charge < -0.3 is 13.9 Å². The van der Waals surface area contributed by atoms with Gasteiger partial charge in [0, 0.05) is 16.2 Å². The average molecular weight is 454 g/mol. The fourth-order valence-corrected chi connectivity index (χ4v) is 4.74. The summed E-state index contributed by atoms with van der Waals surface area (Å²) in [6.07, 6.45) is 0. The molecule has 4 aromatic rings. The third-order valence-corrected chi connectivity index (χ3v) is 6.42. The molecule has 0 amide bonds. The van der Waals surface area contributed by atoms with Gasteiger partial charge in [0.25, 0.3) is 10.0 Å². The molecular weight excluding hydrogens is 430 g/mol. The van der Waals surface area contributed by atoms with Gasteiger partial charge in [-0.25, -0.2) is 13.2 Å². The lowest BCUT2D eigenvalue weighted by Crippen LogP contribution is -2.13. The maximum atomic E-state index is 13.1. The molecule has 0 spiro atoms. The van der Waals surface area contributed by atoms with Crippen LogP contribution in [0.3, 0.4) is 0 Å². The van der Waals surface area contributed by atoms with Crippen LogP contribution in [0.1, 0.15) is 30.0 Å². The average Bonchev–Trinajstić information content (AvgIpc) is 3.10. The van der Waals surface area contributed by atoms with E-state index in [4.69, 9.17) is 13.9 Å². The van der Waals surface area contributed by atoms with E-state index in [1.807, 2.05) is 25.1 Å². The maximum absolute atomic E-state index is 13.1. The second kappa shape index (κ2) is 8.55. The molecule has 0 aliphatic carbocycles. The first kappa shape index (κ1) is 21.7. The number of carbonyl (C=O) groups is 1. The summed E-state index contributed by atoms with van der Waals surface area (Å²) in [5, 5.41) is 1.83. The van der Waals surface area contributed by atoms with Gasteiger partial charge in [0.05, 0.1) is 23.8 Å². The number of rotatable bonds is 7. The van der Waals surface area contributed by atoms with Crippen LogP contribution in [-0.4, -0.2) is 27.6 Å². The first-order chi connectivity index (χ1) is 15.4. The molecule has 0 bridgehead atoms. The van der Waals surface area contributed by atoms with Crippen molar-refractivity contribution in [3.05, 3.63) is 65.9 Å². The monoisotopic (exact) mass is 453 g/mol. The van der Waals surface area contributed by atoms with Crippen LogP contribution < -0.4 is 9.46 Å². The maximum Gasteiger partial charge on any atom is 0.342 e. The lowest BCUT2D eigenvalue weighted by atomic mass is 10.0. The summed E-state index contributed by atoms with van der Waals surface area (Å²) >= 11 is 0. The van der Waals surface area contributed by atoms with Gasteiger partial charge in [-0.2, -0.15) is 0 Å². The number of ether oxygens (including phenoxy) is 2. The lowest BCUT2D eigenvalue weighted by Gasteiger charge is -2.12. The zero-order chi connectivity index (χ0) is 22.9. The number of carbonyl (C=O) groups excluding carboxylic acids is 1. The van der Waals surface area contributed by atoms with E-state index < -0.39 is 16.0 Å². The van der Waals surface area contributed by atoms with Gasteiger partial charge in [-0.05, 0) is 51.1 Å². The van der Waals surface area contributed by atoms with Gasteiger partial charge >= 0.3 is 5.97 Å². The highest BCUT2D eigenvalue weighted by molar-refractivity contribution is 7.92. The van der Waals surface area contributed by atoms with Crippen LogP contribution >= 0.6 is 0 Å². The molecule has 0 fully saturated rings. The molecule has 4 rings (SSSR count). The second-order valence-corrected chi connectivity index (χ2v) is 8.79. The van der Waals surface area contributed by atoms with E-state index in [1.165, 1.54) is 12.1 Å². The van der Waals surface area contributed by atoms with E-state index >= 15 is 0 Å². The van der Waals surface area contributed by atoms with Crippen LogP contribution in [0.4, 0.5) is 5.69 Å². The van der Waals surface area contributed by atoms with Gasteiger partial charge in [0.2, 0.25) is 0 Å². The third kappa shape index (κ3) is 3.89. The molecule has 0 unspecified atom stereocenters. The summed E-state index contributed by atoms with van der Waals surface area (Å²) < 4.78 is 45.3. The van der Waals surface area contributed by atoms with Gasteiger partial charge in [0.15, 0.2) is 0 Å². The number of fused-ring (bicyclic) bond motifs is 3. The van der Waals surface area contributed by atoms with E-state index in [-0.39, 0.29) is 17.1 Å². The van der Waals surface area contributed by atoms with Crippen LogP contribution in [0.25, 0.3) is 21.7 Å². The molecule has 1 N–H and O–H groups in total. The standard InChI is InChI=1S/C24H23NO6S/c1-4-29-16-10-12-17(13-11-16)32(27,28)25-21-14-20-22(24(26)30-5-2)15(3)31-23(20)19-9-7-6-8-18(19)21/h6-14,25H,4-5H2,1-3H3. The Balaban J connectivity index is 1.85. The summed E-state index contributed by atoms with van der Waals surface area (Å²) in [6.45, 7) is 5.97. The summed E-state index contributed by atoms with van der Waals surface area (Å²) in [7, 11) is -3.89. The highest BCUT2D eigenvalue weighted by Crippen LogP contribution is 2.37. The van der Waals surface area contributed by atoms with Gasteiger partial charge in [-0.3, -0.25) is 4.72 Å². The van der Waals surface area contributed by atoms with Crippen molar-refractivity contribution < 1.29 is 27.1 Å². The van der Waals surface area contributed by atoms with Crippen LogP contribution in [0.5, 0.6) is 5.75 Å². The number of nitrogens with one attached hydrogen (secondary N) is 1. The van der Waals surface area contributed by atoms with Gasteiger partial charge in [-0.1, -0.05) is 24.3 Å². The van der Waals surface area contributed by atoms with Crippen molar-refractivity contribution in [2.75, 3.05) is 17.9 Å². The first-order valence-corrected chi connectivity index (χ1v) is 11.7.